The maximum absolute atomic E-state index is 5.77. The molecule has 0 saturated carbocycles. The van der Waals surface area contributed by atoms with Crippen LogP contribution < -0.4 is 10.1 Å². The number of rotatable bonds is 6. The van der Waals surface area contributed by atoms with Crippen molar-refractivity contribution in [3.05, 3.63) is 28.2 Å². The van der Waals surface area contributed by atoms with Crippen molar-refractivity contribution in [2.24, 2.45) is 0 Å². The zero-order chi connectivity index (χ0) is 14.4. The number of benzene rings is 1. The van der Waals surface area contributed by atoms with Crippen molar-refractivity contribution in [3.8, 4) is 5.75 Å². The summed E-state index contributed by atoms with van der Waals surface area (Å²) >= 11 is 3.51. The molecule has 1 N–H and O–H groups in total. The number of halogens is 1. The van der Waals surface area contributed by atoms with Crippen molar-refractivity contribution in [2.75, 3.05) is 39.9 Å². The molecule has 20 heavy (non-hydrogen) atoms. The normalized spacial score (nSPS) is 20.1. The first-order chi connectivity index (χ1) is 9.72. The first kappa shape index (κ1) is 15.8. The van der Waals surface area contributed by atoms with Crippen molar-refractivity contribution >= 4 is 15.9 Å². The average Bonchev–Trinajstić information content (AvgIpc) is 2.48. The molecule has 0 unspecified atom stereocenters. The lowest BCUT2D eigenvalue weighted by atomic mass is 10.2. The topological polar surface area (TPSA) is 33.7 Å². The predicted molar refractivity (Wildman–Crippen MR) is 84.3 cm³/mol. The SMILES string of the molecule is CCN1CCO[C@@H](CNCc2ccc(OC)c(Br)c2)C1. The van der Waals surface area contributed by atoms with Gasteiger partial charge >= 0.3 is 0 Å². The number of ether oxygens (including phenoxy) is 2. The molecule has 0 spiro atoms. The van der Waals surface area contributed by atoms with E-state index in [9.17, 15) is 0 Å². The van der Waals surface area contributed by atoms with Crippen LogP contribution in [0.2, 0.25) is 0 Å². The molecule has 2 rings (SSSR count). The van der Waals surface area contributed by atoms with Crippen LogP contribution in [-0.2, 0) is 11.3 Å². The Morgan fingerprint density at radius 1 is 1.50 bits per heavy atom. The van der Waals surface area contributed by atoms with E-state index in [0.717, 1.165) is 49.6 Å². The number of hydrogen-bond acceptors (Lipinski definition) is 4. The fourth-order valence-corrected chi connectivity index (χ4v) is 2.98. The fraction of sp³-hybridized carbons (Fsp3) is 0.600. The Morgan fingerprint density at radius 3 is 3.05 bits per heavy atom. The molecule has 0 amide bonds. The average molecular weight is 343 g/mol. The van der Waals surface area contributed by atoms with Gasteiger partial charge in [0.05, 0.1) is 24.3 Å². The van der Waals surface area contributed by atoms with Gasteiger partial charge in [-0.05, 0) is 40.2 Å². The van der Waals surface area contributed by atoms with E-state index in [0.29, 0.717) is 6.10 Å². The Labute approximate surface area is 129 Å². The van der Waals surface area contributed by atoms with Crippen LogP contribution in [0.15, 0.2) is 22.7 Å². The largest absolute Gasteiger partial charge is 0.496 e. The van der Waals surface area contributed by atoms with Gasteiger partial charge in [0, 0.05) is 26.2 Å². The van der Waals surface area contributed by atoms with Crippen molar-refractivity contribution in [1.82, 2.24) is 10.2 Å². The van der Waals surface area contributed by atoms with E-state index in [2.05, 4.69) is 45.2 Å². The molecule has 1 aliphatic rings. The molecule has 4 nitrogen and oxygen atoms in total. The molecular formula is C15H23BrN2O2. The number of methoxy groups -OCH3 is 1. The van der Waals surface area contributed by atoms with Crippen LogP contribution in [-0.4, -0.2) is 50.9 Å². The van der Waals surface area contributed by atoms with Crippen molar-refractivity contribution in [2.45, 2.75) is 19.6 Å². The molecule has 5 heteroatoms. The van der Waals surface area contributed by atoms with Gasteiger partial charge in [0.1, 0.15) is 5.75 Å². The Kier molecular flexibility index (Phi) is 6.29. The molecule has 1 atom stereocenters. The standard InChI is InChI=1S/C15H23BrN2O2/c1-3-18-6-7-20-13(11-18)10-17-9-12-4-5-15(19-2)14(16)8-12/h4-5,8,13,17H,3,6-7,9-11H2,1-2H3/t13-/m0/s1. The Bertz CT molecular complexity index is 428. The minimum atomic E-state index is 0.297. The van der Waals surface area contributed by atoms with Crippen LogP contribution in [0.4, 0.5) is 0 Å². The molecule has 1 heterocycles. The summed E-state index contributed by atoms with van der Waals surface area (Å²) in [7, 11) is 1.68. The Hall–Kier alpha value is -0.620. The molecule has 1 fully saturated rings. The summed E-state index contributed by atoms with van der Waals surface area (Å²) in [6.45, 7) is 7.95. The lowest BCUT2D eigenvalue weighted by Crippen LogP contribution is -2.46. The second-order valence-corrected chi connectivity index (χ2v) is 5.84. The lowest BCUT2D eigenvalue weighted by Gasteiger charge is -2.32. The molecule has 112 valence electrons. The van der Waals surface area contributed by atoms with Gasteiger partial charge in [0.25, 0.3) is 0 Å². The third-order valence-corrected chi connectivity index (χ3v) is 4.21. The van der Waals surface area contributed by atoms with E-state index < -0.39 is 0 Å². The highest BCUT2D eigenvalue weighted by Gasteiger charge is 2.18. The van der Waals surface area contributed by atoms with Gasteiger partial charge in [0.15, 0.2) is 0 Å². The second-order valence-electron chi connectivity index (χ2n) is 4.99. The third-order valence-electron chi connectivity index (χ3n) is 3.59. The van der Waals surface area contributed by atoms with Crippen LogP contribution in [0, 0.1) is 0 Å². The first-order valence-electron chi connectivity index (χ1n) is 7.10. The van der Waals surface area contributed by atoms with E-state index in [1.165, 1.54) is 5.56 Å². The van der Waals surface area contributed by atoms with Gasteiger partial charge in [-0.15, -0.1) is 0 Å². The van der Waals surface area contributed by atoms with E-state index in [-0.39, 0.29) is 0 Å². The summed E-state index contributed by atoms with van der Waals surface area (Å²) in [4.78, 5) is 2.43. The maximum atomic E-state index is 5.77. The smallest absolute Gasteiger partial charge is 0.133 e. The van der Waals surface area contributed by atoms with Gasteiger partial charge in [-0.2, -0.15) is 0 Å². The number of morpholine rings is 1. The lowest BCUT2D eigenvalue weighted by molar-refractivity contribution is -0.0253. The van der Waals surface area contributed by atoms with Gasteiger partial charge in [-0.3, -0.25) is 4.90 Å². The van der Waals surface area contributed by atoms with Crippen molar-refractivity contribution < 1.29 is 9.47 Å². The zero-order valence-electron chi connectivity index (χ0n) is 12.2. The first-order valence-corrected chi connectivity index (χ1v) is 7.89. The summed E-state index contributed by atoms with van der Waals surface area (Å²) in [5.41, 5.74) is 1.24. The highest BCUT2D eigenvalue weighted by atomic mass is 79.9. The highest BCUT2D eigenvalue weighted by molar-refractivity contribution is 9.10. The van der Waals surface area contributed by atoms with E-state index >= 15 is 0 Å². The van der Waals surface area contributed by atoms with Gasteiger partial charge < -0.3 is 14.8 Å². The number of hydrogen-bond donors (Lipinski definition) is 1. The highest BCUT2D eigenvalue weighted by Crippen LogP contribution is 2.25. The molecule has 0 aromatic heterocycles. The maximum Gasteiger partial charge on any atom is 0.133 e. The Balaban J connectivity index is 1.76. The summed E-state index contributed by atoms with van der Waals surface area (Å²) < 4.78 is 12.0. The summed E-state index contributed by atoms with van der Waals surface area (Å²) in [6.07, 6.45) is 0.297. The minimum Gasteiger partial charge on any atom is -0.496 e. The molecule has 0 radical (unpaired) electrons. The van der Waals surface area contributed by atoms with Crippen LogP contribution in [0.1, 0.15) is 12.5 Å². The summed E-state index contributed by atoms with van der Waals surface area (Å²) in [5, 5.41) is 3.47. The number of nitrogens with one attached hydrogen (secondary N) is 1. The van der Waals surface area contributed by atoms with E-state index in [1.807, 2.05) is 6.07 Å². The van der Waals surface area contributed by atoms with Gasteiger partial charge in [-0.25, -0.2) is 0 Å². The minimum absolute atomic E-state index is 0.297. The van der Waals surface area contributed by atoms with E-state index in [1.54, 1.807) is 7.11 Å². The monoisotopic (exact) mass is 342 g/mol. The quantitative estimate of drug-likeness (QED) is 0.859. The zero-order valence-corrected chi connectivity index (χ0v) is 13.8. The van der Waals surface area contributed by atoms with Crippen LogP contribution in [0.3, 0.4) is 0 Å². The van der Waals surface area contributed by atoms with Gasteiger partial charge in [0.2, 0.25) is 0 Å². The molecule has 0 aliphatic carbocycles. The van der Waals surface area contributed by atoms with Gasteiger partial charge in [-0.1, -0.05) is 13.0 Å². The molecule has 1 aliphatic heterocycles. The molecule has 1 saturated heterocycles. The van der Waals surface area contributed by atoms with E-state index in [4.69, 9.17) is 9.47 Å². The molecule has 0 bridgehead atoms. The molecular weight excluding hydrogens is 320 g/mol. The summed E-state index contributed by atoms with van der Waals surface area (Å²) in [6, 6.07) is 6.15. The number of likely N-dealkylation sites (N-methyl/N-ethyl adjacent to an activating group) is 1. The van der Waals surface area contributed by atoms with Crippen LogP contribution in [0.25, 0.3) is 0 Å². The summed E-state index contributed by atoms with van der Waals surface area (Å²) in [5.74, 6) is 0.864. The van der Waals surface area contributed by atoms with Crippen molar-refractivity contribution in [3.63, 3.8) is 0 Å². The number of nitrogens with zero attached hydrogens (tertiary/aromatic N) is 1. The van der Waals surface area contributed by atoms with Crippen molar-refractivity contribution in [1.29, 1.82) is 0 Å². The fourth-order valence-electron chi connectivity index (χ4n) is 2.39. The molecule has 1 aromatic rings. The van der Waals surface area contributed by atoms with Crippen LogP contribution in [0.5, 0.6) is 5.75 Å². The second kappa shape index (κ2) is 7.98. The van der Waals surface area contributed by atoms with Crippen LogP contribution >= 0.6 is 15.9 Å². The molecule has 1 aromatic carbocycles. The third kappa shape index (κ3) is 4.45. The Morgan fingerprint density at radius 2 is 2.35 bits per heavy atom. The predicted octanol–water partition coefficient (Wildman–Crippen LogP) is 2.27.